The summed E-state index contributed by atoms with van der Waals surface area (Å²) >= 11 is 12.6. The number of hydrogen-bond acceptors (Lipinski definition) is 7. The highest BCUT2D eigenvalue weighted by atomic mass is 35.5. The highest BCUT2D eigenvalue weighted by Crippen LogP contribution is 2.38. The van der Waals surface area contributed by atoms with E-state index in [9.17, 15) is 13.2 Å². The predicted octanol–water partition coefficient (Wildman–Crippen LogP) is 5.25. The number of carbonyl (C=O) groups is 1. The van der Waals surface area contributed by atoms with Crippen LogP contribution >= 0.6 is 23.2 Å². The molecule has 0 spiro atoms. The van der Waals surface area contributed by atoms with Gasteiger partial charge in [0.1, 0.15) is 27.7 Å². The number of sulfonamides is 1. The van der Waals surface area contributed by atoms with E-state index in [2.05, 4.69) is 10.3 Å². The van der Waals surface area contributed by atoms with Crippen LogP contribution in [0.4, 0.5) is 5.69 Å². The predicted molar refractivity (Wildman–Crippen MR) is 137 cm³/mol. The van der Waals surface area contributed by atoms with Crippen molar-refractivity contribution in [2.45, 2.75) is 4.90 Å². The number of hydrogen-bond donors (Lipinski definition) is 2. The Hall–Kier alpha value is -3.57. The molecule has 12 heteroatoms. The zero-order chi connectivity index (χ0) is 26.0. The molecule has 0 atom stereocenters. The molecule has 0 saturated carbocycles. The molecule has 0 aliphatic rings. The first-order chi connectivity index (χ1) is 17.1. The number of rotatable bonds is 7. The first kappa shape index (κ1) is 25.5. The summed E-state index contributed by atoms with van der Waals surface area (Å²) < 4.78 is 40.3. The number of carbonyl (C=O) groups excluding carboxylic acids is 1. The van der Waals surface area contributed by atoms with Crippen LogP contribution in [0.3, 0.4) is 0 Å². The van der Waals surface area contributed by atoms with Gasteiger partial charge in [-0.1, -0.05) is 41.4 Å². The minimum Gasteiger partial charge on any atom is -0.497 e. The molecule has 1 amide bonds. The Kier molecular flexibility index (Phi) is 7.23. The number of nitrogens with zero attached hydrogens (tertiary/aromatic N) is 1. The van der Waals surface area contributed by atoms with Crippen LogP contribution in [0.2, 0.25) is 10.0 Å². The number of anilines is 1. The third-order valence-electron chi connectivity index (χ3n) is 5.09. The lowest BCUT2D eigenvalue weighted by atomic mass is 10.1. The maximum Gasteiger partial charge on any atom is 0.261 e. The molecule has 1 aromatic heterocycles. The van der Waals surface area contributed by atoms with Crippen LogP contribution in [-0.4, -0.2) is 33.5 Å². The molecule has 3 N–H and O–H groups in total. The lowest BCUT2D eigenvalue weighted by Gasteiger charge is -2.15. The highest BCUT2D eigenvalue weighted by molar-refractivity contribution is 7.89. The van der Waals surface area contributed by atoms with Crippen molar-refractivity contribution < 1.29 is 27.4 Å². The van der Waals surface area contributed by atoms with E-state index in [-0.39, 0.29) is 38.7 Å². The van der Waals surface area contributed by atoms with E-state index in [1.807, 2.05) is 0 Å². The van der Waals surface area contributed by atoms with Gasteiger partial charge < -0.3 is 19.5 Å². The van der Waals surface area contributed by atoms with E-state index in [4.69, 9.17) is 42.6 Å². The van der Waals surface area contributed by atoms with E-state index in [0.717, 1.165) is 0 Å². The van der Waals surface area contributed by atoms with E-state index in [1.54, 1.807) is 48.5 Å². The topological polar surface area (TPSA) is 130 Å². The summed E-state index contributed by atoms with van der Waals surface area (Å²) in [7, 11) is -1.48. The van der Waals surface area contributed by atoms with Crippen molar-refractivity contribution in [1.29, 1.82) is 0 Å². The lowest BCUT2D eigenvalue weighted by molar-refractivity contribution is 0.102. The van der Waals surface area contributed by atoms with Gasteiger partial charge in [-0.05, 0) is 36.4 Å². The first-order valence-corrected chi connectivity index (χ1v) is 12.5. The highest BCUT2D eigenvalue weighted by Gasteiger charge is 2.24. The van der Waals surface area contributed by atoms with Gasteiger partial charge in [0.25, 0.3) is 5.91 Å². The largest absolute Gasteiger partial charge is 0.497 e. The van der Waals surface area contributed by atoms with Gasteiger partial charge in [-0.25, -0.2) is 18.5 Å². The van der Waals surface area contributed by atoms with Gasteiger partial charge in [-0.15, -0.1) is 0 Å². The Bertz CT molecular complexity index is 1590. The minimum absolute atomic E-state index is 0.00641. The normalized spacial score (nSPS) is 11.2. The maximum absolute atomic E-state index is 13.4. The number of aromatic nitrogens is 1. The average Bonchev–Trinajstić information content (AvgIpc) is 2.84. The minimum atomic E-state index is -4.26. The van der Waals surface area contributed by atoms with Gasteiger partial charge in [0.15, 0.2) is 0 Å². The zero-order valence-electron chi connectivity index (χ0n) is 18.9. The Morgan fingerprint density at radius 2 is 1.69 bits per heavy atom. The van der Waals surface area contributed by atoms with Crippen molar-refractivity contribution in [1.82, 2.24) is 4.98 Å². The molecule has 0 fully saturated rings. The fourth-order valence-corrected chi connectivity index (χ4v) is 4.91. The van der Waals surface area contributed by atoms with Crippen LogP contribution in [0.25, 0.3) is 10.9 Å². The van der Waals surface area contributed by atoms with E-state index < -0.39 is 20.8 Å². The van der Waals surface area contributed by atoms with Crippen molar-refractivity contribution in [3.63, 3.8) is 0 Å². The van der Waals surface area contributed by atoms with Crippen molar-refractivity contribution in [2.75, 3.05) is 19.5 Å². The lowest BCUT2D eigenvalue weighted by Crippen LogP contribution is -2.17. The summed E-state index contributed by atoms with van der Waals surface area (Å²) in [5.41, 5.74) is 0.616. The molecule has 0 unspecified atom stereocenters. The molecule has 0 aliphatic carbocycles. The van der Waals surface area contributed by atoms with E-state index >= 15 is 0 Å². The first-order valence-electron chi connectivity index (χ1n) is 10.2. The molecule has 3 aromatic carbocycles. The molecule has 36 heavy (non-hydrogen) atoms. The number of para-hydroxylation sites is 1. The van der Waals surface area contributed by atoms with Crippen molar-refractivity contribution in [2.24, 2.45) is 5.14 Å². The summed E-state index contributed by atoms with van der Waals surface area (Å²) in [5, 5.41) is 8.49. The maximum atomic E-state index is 13.4. The fourth-order valence-electron chi connectivity index (χ4n) is 3.38. The number of halogens is 2. The molecule has 4 rings (SSSR count). The Morgan fingerprint density at radius 3 is 2.36 bits per heavy atom. The molecule has 9 nitrogen and oxygen atoms in total. The summed E-state index contributed by atoms with van der Waals surface area (Å²) in [4.78, 5) is 17.4. The monoisotopic (exact) mass is 547 g/mol. The number of nitrogens with one attached hydrogen (secondary N) is 1. The number of pyridine rings is 1. The summed E-state index contributed by atoms with van der Waals surface area (Å²) in [6.45, 7) is 0. The summed E-state index contributed by atoms with van der Waals surface area (Å²) in [6, 6.07) is 16.2. The SMILES string of the molecule is COc1ccc(Oc2nc3ccccc3cc2C(=O)Nc2ccc(OC)c(S(N)(=O)=O)c2Cl)c(Cl)c1. The molecule has 0 aliphatic heterocycles. The molecular formula is C24H19Cl2N3O6S. The molecular weight excluding hydrogens is 529 g/mol. The van der Waals surface area contributed by atoms with Crippen LogP contribution in [0.5, 0.6) is 23.1 Å². The fraction of sp³-hybridized carbons (Fsp3) is 0.0833. The molecule has 186 valence electrons. The molecule has 4 aromatic rings. The third kappa shape index (κ3) is 5.17. The van der Waals surface area contributed by atoms with Crippen LogP contribution in [-0.2, 0) is 10.0 Å². The summed E-state index contributed by atoms with van der Waals surface area (Å²) in [6.07, 6.45) is 0. The Morgan fingerprint density at radius 1 is 0.972 bits per heavy atom. The number of amides is 1. The Labute approximate surface area is 216 Å². The van der Waals surface area contributed by atoms with Gasteiger partial charge >= 0.3 is 0 Å². The second-order valence-electron chi connectivity index (χ2n) is 7.39. The second-order valence-corrected chi connectivity index (χ2v) is 9.67. The number of benzene rings is 3. The van der Waals surface area contributed by atoms with Crippen molar-refractivity contribution in [3.8, 4) is 23.1 Å². The third-order valence-corrected chi connectivity index (χ3v) is 6.87. The van der Waals surface area contributed by atoms with Gasteiger partial charge in [-0.3, -0.25) is 4.79 Å². The molecule has 0 bridgehead atoms. The number of fused-ring (bicyclic) bond motifs is 1. The zero-order valence-corrected chi connectivity index (χ0v) is 21.2. The van der Waals surface area contributed by atoms with Crippen LogP contribution in [0, 0.1) is 0 Å². The second kappa shape index (κ2) is 10.2. The van der Waals surface area contributed by atoms with Gasteiger partial charge in [-0.2, -0.15) is 0 Å². The van der Waals surface area contributed by atoms with Crippen LogP contribution in [0.1, 0.15) is 10.4 Å². The average molecular weight is 548 g/mol. The number of primary sulfonamides is 1. The van der Waals surface area contributed by atoms with Crippen molar-refractivity contribution in [3.05, 3.63) is 76.3 Å². The summed E-state index contributed by atoms with van der Waals surface area (Å²) in [5.74, 6) is 0.00539. The van der Waals surface area contributed by atoms with Gasteiger partial charge in [0.05, 0.1) is 35.5 Å². The van der Waals surface area contributed by atoms with E-state index in [0.29, 0.717) is 16.7 Å². The molecule has 0 radical (unpaired) electrons. The van der Waals surface area contributed by atoms with Gasteiger partial charge in [0.2, 0.25) is 15.9 Å². The number of methoxy groups -OCH3 is 2. The van der Waals surface area contributed by atoms with Crippen molar-refractivity contribution >= 4 is 55.7 Å². The van der Waals surface area contributed by atoms with Crippen LogP contribution in [0.15, 0.2) is 65.6 Å². The smallest absolute Gasteiger partial charge is 0.261 e. The van der Waals surface area contributed by atoms with E-state index in [1.165, 1.54) is 26.4 Å². The van der Waals surface area contributed by atoms with Crippen LogP contribution < -0.4 is 24.7 Å². The molecule has 1 heterocycles. The quantitative estimate of drug-likeness (QED) is 0.323. The number of ether oxygens (including phenoxy) is 3. The molecule has 0 saturated heterocycles. The Balaban J connectivity index is 1.78. The number of nitrogens with two attached hydrogens (primary N) is 1. The van der Waals surface area contributed by atoms with Gasteiger partial charge in [0, 0.05) is 11.5 Å². The standard InChI is InChI=1S/C24H19Cl2N3O6S/c1-33-14-7-9-19(16(25)12-14)35-24-15(11-13-5-3-4-6-17(13)29-24)23(30)28-18-8-10-20(34-2)22(21(18)26)36(27,31)32/h3-12H,1-2H3,(H,28,30)(H2,27,31,32).